The van der Waals surface area contributed by atoms with Gasteiger partial charge < -0.3 is 14.6 Å². The van der Waals surface area contributed by atoms with Crippen molar-refractivity contribution in [3.05, 3.63) is 101 Å². The average molecular weight is 362 g/mol. The molecule has 0 spiro atoms. The number of esters is 1. The first-order valence-electron chi connectivity index (χ1n) is 8.83. The van der Waals surface area contributed by atoms with Crippen LogP contribution in [-0.4, -0.2) is 11.1 Å². The van der Waals surface area contributed by atoms with Gasteiger partial charge >= 0.3 is 5.97 Å². The van der Waals surface area contributed by atoms with Gasteiger partial charge in [0, 0.05) is 5.56 Å². The van der Waals surface area contributed by atoms with Gasteiger partial charge in [-0.3, -0.25) is 0 Å². The fraction of sp³-hybridized carbons (Fsp3) is 0.174. The van der Waals surface area contributed by atoms with Crippen molar-refractivity contribution in [2.24, 2.45) is 0 Å². The summed E-state index contributed by atoms with van der Waals surface area (Å²) in [6.07, 6.45) is -0.368. The maximum absolute atomic E-state index is 12.4. The first kappa shape index (κ1) is 18.7. The summed E-state index contributed by atoms with van der Waals surface area (Å²) in [4.78, 5) is 12.4. The molecule has 3 rings (SSSR count). The number of hydrogen-bond acceptors (Lipinski definition) is 4. The molecule has 0 aliphatic heterocycles. The third-order valence-corrected chi connectivity index (χ3v) is 4.28. The second-order valence-corrected chi connectivity index (χ2v) is 6.24. The summed E-state index contributed by atoms with van der Waals surface area (Å²) >= 11 is 0. The summed E-state index contributed by atoms with van der Waals surface area (Å²) in [6.45, 7) is 2.42. The number of carbonyl (C=O) groups is 1. The van der Waals surface area contributed by atoms with E-state index in [1.54, 1.807) is 18.2 Å². The molecular formula is C23H22O4. The zero-order chi connectivity index (χ0) is 19.1. The van der Waals surface area contributed by atoms with Crippen LogP contribution in [0, 0.1) is 0 Å². The van der Waals surface area contributed by atoms with Crippen LogP contribution in [0.1, 0.15) is 40.1 Å². The number of aromatic hydroxyl groups is 1. The molecule has 0 aliphatic rings. The van der Waals surface area contributed by atoms with E-state index in [1.165, 1.54) is 0 Å². The highest BCUT2D eigenvalue weighted by atomic mass is 16.5. The molecule has 0 bridgehead atoms. The normalized spacial score (nSPS) is 11.7. The topological polar surface area (TPSA) is 55.8 Å². The fourth-order valence-corrected chi connectivity index (χ4v) is 2.74. The molecule has 1 N–H and O–H groups in total. The Hall–Kier alpha value is -3.11. The molecule has 0 heterocycles. The predicted octanol–water partition coefficient (Wildman–Crippen LogP) is 5.03. The van der Waals surface area contributed by atoms with Crippen LogP contribution in [0.15, 0.2) is 78.9 Å². The van der Waals surface area contributed by atoms with Crippen molar-refractivity contribution >= 4 is 5.97 Å². The molecule has 4 nitrogen and oxygen atoms in total. The second-order valence-electron chi connectivity index (χ2n) is 6.24. The van der Waals surface area contributed by atoms with Gasteiger partial charge in [0.1, 0.15) is 17.9 Å². The summed E-state index contributed by atoms with van der Waals surface area (Å²) in [5.74, 6) is -0.662. The van der Waals surface area contributed by atoms with Gasteiger partial charge in [-0.25, -0.2) is 4.79 Å². The molecule has 1 atom stereocenters. The molecule has 0 aromatic heterocycles. The summed E-state index contributed by atoms with van der Waals surface area (Å²) in [5.41, 5.74) is 2.63. The number of benzene rings is 3. The minimum absolute atomic E-state index is 0.101. The molecule has 138 valence electrons. The van der Waals surface area contributed by atoms with Crippen molar-refractivity contribution in [1.29, 1.82) is 0 Å². The third kappa shape index (κ3) is 4.96. The van der Waals surface area contributed by atoms with Gasteiger partial charge in [0.05, 0.1) is 12.7 Å². The van der Waals surface area contributed by atoms with E-state index in [0.29, 0.717) is 12.2 Å². The minimum Gasteiger partial charge on any atom is -0.507 e. The van der Waals surface area contributed by atoms with E-state index < -0.39 is 5.97 Å². The van der Waals surface area contributed by atoms with E-state index in [9.17, 15) is 9.90 Å². The third-order valence-electron chi connectivity index (χ3n) is 4.28. The van der Waals surface area contributed by atoms with Crippen molar-refractivity contribution in [1.82, 2.24) is 0 Å². The van der Waals surface area contributed by atoms with Crippen molar-refractivity contribution in [3.63, 3.8) is 0 Å². The number of rotatable bonds is 7. The molecular weight excluding hydrogens is 340 g/mol. The van der Waals surface area contributed by atoms with E-state index in [1.807, 2.05) is 67.6 Å². The number of carbonyl (C=O) groups excluding carboxylic acids is 1. The van der Waals surface area contributed by atoms with E-state index in [-0.39, 0.29) is 24.0 Å². The molecule has 0 aliphatic carbocycles. The van der Waals surface area contributed by atoms with Crippen LogP contribution in [0.2, 0.25) is 0 Å². The first-order chi connectivity index (χ1) is 13.1. The number of para-hydroxylation sites is 1. The van der Waals surface area contributed by atoms with E-state index in [4.69, 9.17) is 9.47 Å². The monoisotopic (exact) mass is 362 g/mol. The highest BCUT2D eigenvalue weighted by Crippen LogP contribution is 2.31. The van der Waals surface area contributed by atoms with E-state index >= 15 is 0 Å². The van der Waals surface area contributed by atoms with Crippen LogP contribution in [0.3, 0.4) is 0 Å². The zero-order valence-electron chi connectivity index (χ0n) is 15.2. The number of hydrogen-bond donors (Lipinski definition) is 1. The lowest BCUT2D eigenvalue weighted by molar-refractivity contribution is 0.0456. The summed E-state index contributed by atoms with van der Waals surface area (Å²) in [6, 6.07) is 24.2. The van der Waals surface area contributed by atoms with Crippen molar-refractivity contribution in [2.45, 2.75) is 26.2 Å². The van der Waals surface area contributed by atoms with Gasteiger partial charge in [0.25, 0.3) is 0 Å². The van der Waals surface area contributed by atoms with Gasteiger partial charge in [-0.05, 0) is 24.1 Å². The first-order valence-corrected chi connectivity index (χ1v) is 8.83. The maximum atomic E-state index is 12.4. The number of phenols is 1. The molecule has 3 aromatic carbocycles. The lowest BCUT2D eigenvalue weighted by Crippen LogP contribution is -2.08. The molecule has 0 saturated heterocycles. The molecule has 27 heavy (non-hydrogen) atoms. The van der Waals surface area contributed by atoms with Crippen LogP contribution in [0.25, 0.3) is 0 Å². The Morgan fingerprint density at radius 3 is 2.07 bits per heavy atom. The predicted molar refractivity (Wildman–Crippen MR) is 103 cm³/mol. The maximum Gasteiger partial charge on any atom is 0.342 e. The van der Waals surface area contributed by atoms with Crippen molar-refractivity contribution in [2.75, 3.05) is 0 Å². The van der Waals surface area contributed by atoms with Gasteiger partial charge in [-0.1, -0.05) is 72.8 Å². The molecule has 0 fully saturated rings. The van der Waals surface area contributed by atoms with Gasteiger partial charge in [0.15, 0.2) is 0 Å². The van der Waals surface area contributed by atoms with Gasteiger partial charge in [-0.15, -0.1) is 0 Å². The highest BCUT2D eigenvalue weighted by molar-refractivity contribution is 5.92. The second kappa shape index (κ2) is 9.01. The zero-order valence-corrected chi connectivity index (χ0v) is 15.2. The molecule has 0 saturated carbocycles. The number of ether oxygens (including phenoxy) is 2. The fourth-order valence-electron chi connectivity index (χ4n) is 2.74. The smallest absolute Gasteiger partial charge is 0.342 e. The Balaban J connectivity index is 1.66. The minimum atomic E-state index is -0.562. The Morgan fingerprint density at radius 1 is 0.852 bits per heavy atom. The molecule has 4 heteroatoms. The van der Waals surface area contributed by atoms with Crippen LogP contribution < -0.4 is 0 Å². The molecule has 0 amide bonds. The van der Waals surface area contributed by atoms with Crippen LogP contribution in [0.5, 0.6) is 5.75 Å². The Morgan fingerprint density at radius 2 is 1.44 bits per heavy atom. The summed E-state index contributed by atoms with van der Waals surface area (Å²) in [7, 11) is 0. The Labute approximate surface area is 159 Å². The number of phenolic OH excluding ortho intramolecular Hbond substituents is 1. The van der Waals surface area contributed by atoms with E-state index in [0.717, 1.165) is 11.1 Å². The lowest BCUT2D eigenvalue weighted by atomic mass is 10.0. The van der Waals surface area contributed by atoms with Gasteiger partial charge in [0.2, 0.25) is 0 Å². The molecule has 1 unspecified atom stereocenters. The van der Waals surface area contributed by atoms with Crippen LogP contribution >= 0.6 is 0 Å². The molecule has 3 aromatic rings. The van der Waals surface area contributed by atoms with Gasteiger partial charge in [-0.2, -0.15) is 0 Å². The van der Waals surface area contributed by atoms with Crippen LogP contribution in [0.4, 0.5) is 0 Å². The summed E-state index contributed by atoms with van der Waals surface area (Å²) in [5, 5.41) is 10.5. The van der Waals surface area contributed by atoms with Crippen molar-refractivity contribution < 1.29 is 19.4 Å². The SMILES string of the molecule is CC(OCc1ccccc1)c1cccc(C(=O)OCc2ccccc2)c1O. The highest BCUT2D eigenvalue weighted by Gasteiger charge is 2.19. The van der Waals surface area contributed by atoms with Crippen LogP contribution in [-0.2, 0) is 22.7 Å². The Kier molecular flexibility index (Phi) is 6.23. The van der Waals surface area contributed by atoms with E-state index in [2.05, 4.69) is 0 Å². The largest absolute Gasteiger partial charge is 0.507 e. The quantitative estimate of drug-likeness (QED) is 0.599. The Bertz CT molecular complexity index is 875. The lowest BCUT2D eigenvalue weighted by Gasteiger charge is -2.16. The standard InChI is InChI=1S/C23H22O4/c1-17(26-15-18-9-4-2-5-10-18)20-13-8-14-21(22(20)24)23(25)27-16-19-11-6-3-7-12-19/h2-14,17,24H,15-16H2,1H3. The molecule has 0 radical (unpaired) electrons. The average Bonchev–Trinajstić information content (AvgIpc) is 2.72. The summed E-state index contributed by atoms with van der Waals surface area (Å²) < 4.78 is 11.2. The van der Waals surface area contributed by atoms with Crippen molar-refractivity contribution in [3.8, 4) is 5.75 Å².